The fourth-order valence-corrected chi connectivity index (χ4v) is 3.44. The first kappa shape index (κ1) is 22.0. The zero-order chi connectivity index (χ0) is 22.7. The van der Waals surface area contributed by atoms with Gasteiger partial charge in [-0.1, -0.05) is 5.57 Å². The molecule has 162 valence electrons. The van der Waals surface area contributed by atoms with E-state index in [9.17, 15) is 19.8 Å². The first-order chi connectivity index (χ1) is 14.7. The third-order valence-electron chi connectivity index (χ3n) is 5.06. The Hall–Kier alpha value is -3.74. The summed E-state index contributed by atoms with van der Waals surface area (Å²) >= 11 is 0. The zero-order valence-corrected chi connectivity index (χ0v) is 17.4. The molecule has 0 radical (unpaired) electrons. The van der Waals surface area contributed by atoms with Crippen molar-refractivity contribution in [3.63, 3.8) is 0 Å². The summed E-state index contributed by atoms with van der Waals surface area (Å²) in [5, 5.41) is 29.9. The number of ether oxygens (including phenoxy) is 1. The minimum absolute atomic E-state index is 0.0730. The lowest BCUT2D eigenvalue weighted by molar-refractivity contribution is -0.136. The van der Waals surface area contributed by atoms with Gasteiger partial charge in [0.05, 0.1) is 7.11 Å². The van der Waals surface area contributed by atoms with E-state index in [1.54, 1.807) is 24.3 Å². The quantitative estimate of drug-likeness (QED) is 0.459. The van der Waals surface area contributed by atoms with Gasteiger partial charge in [-0.2, -0.15) is 0 Å². The SMILES string of the molecule is C=C(C)CCc1c(O)cc(O)c2c(=O)c(CCC(=O)O)c(-c3ccc(OC)cc3)oc12. The number of phenolic OH excluding ortho intramolecular Hbond substituents is 2. The second kappa shape index (κ2) is 8.95. The van der Waals surface area contributed by atoms with Crippen LogP contribution in [-0.4, -0.2) is 28.4 Å². The Morgan fingerprint density at radius 1 is 1.06 bits per heavy atom. The number of allylic oxidation sites excluding steroid dienone is 1. The number of aryl methyl sites for hydroxylation is 1. The minimum Gasteiger partial charge on any atom is -0.507 e. The van der Waals surface area contributed by atoms with Gasteiger partial charge in [0.15, 0.2) is 5.43 Å². The maximum atomic E-state index is 13.3. The van der Waals surface area contributed by atoms with Crippen LogP contribution in [0, 0.1) is 0 Å². The van der Waals surface area contributed by atoms with E-state index in [0.717, 1.165) is 11.6 Å². The molecule has 0 atom stereocenters. The van der Waals surface area contributed by atoms with Gasteiger partial charge in [0.25, 0.3) is 0 Å². The van der Waals surface area contributed by atoms with E-state index in [1.807, 2.05) is 6.92 Å². The molecule has 31 heavy (non-hydrogen) atoms. The van der Waals surface area contributed by atoms with E-state index in [-0.39, 0.29) is 40.9 Å². The molecule has 1 heterocycles. The monoisotopic (exact) mass is 424 g/mol. The number of hydrogen-bond acceptors (Lipinski definition) is 6. The summed E-state index contributed by atoms with van der Waals surface area (Å²) in [6, 6.07) is 7.90. The molecule has 3 N–H and O–H groups in total. The van der Waals surface area contributed by atoms with Gasteiger partial charge < -0.3 is 24.5 Å². The average Bonchev–Trinajstić information content (AvgIpc) is 2.71. The maximum Gasteiger partial charge on any atom is 0.303 e. The number of fused-ring (bicyclic) bond motifs is 1. The largest absolute Gasteiger partial charge is 0.507 e. The standard InChI is InChI=1S/C24H24O7/c1-13(2)4-9-16-18(25)12-19(26)21-22(29)17(10-11-20(27)28)23(31-24(16)21)14-5-7-15(30-3)8-6-14/h5-8,12,25-26H,1,4,9-11H2,2-3H3,(H,27,28). The van der Waals surface area contributed by atoms with Crippen LogP contribution in [-0.2, 0) is 17.6 Å². The van der Waals surface area contributed by atoms with Crippen LogP contribution in [0.2, 0.25) is 0 Å². The first-order valence-corrected chi connectivity index (χ1v) is 9.77. The van der Waals surface area contributed by atoms with E-state index in [1.165, 1.54) is 7.11 Å². The lowest BCUT2D eigenvalue weighted by Crippen LogP contribution is -2.14. The van der Waals surface area contributed by atoms with Gasteiger partial charge in [-0.15, -0.1) is 6.58 Å². The van der Waals surface area contributed by atoms with Crippen LogP contribution in [0.25, 0.3) is 22.3 Å². The number of hydrogen-bond donors (Lipinski definition) is 3. The fraction of sp³-hybridized carbons (Fsp3) is 0.250. The van der Waals surface area contributed by atoms with Crippen LogP contribution in [0.3, 0.4) is 0 Å². The summed E-state index contributed by atoms with van der Waals surface area (Å²) < 4.78 is 11.3. The van der Waals surface area contributed by atoms with E-state index in [4.69, 9.17) is 14.3 Å². The molecular weight excluding hydrogens is 400 g/mol. The van der Waals surface area contributed by atoms with Crippen molar-refractivity contribution in [3.05, 3.63) is 63.8 Å². The number of methoxy groups -OCH3 is 1. The Morgan fingerprint density at radius 2 is 1.71 bits per heavy atom. The van der Waals surface area contributed by atoms with E-state index < -0.39 is 17.1 Å². The molecule has 0 fully saturated rings. The van der Waals surface area contributed by atoms with Crippen LogP contribution >= 0.6 is 0 Å². The Labute approximate surface area is 178 Å². The van der Waals surface area contributed by atoms with E-state index in [0.29, 0.717) is 29.7 Å². The number of rotatable bonds is 8. The molecular formula is C24H24O7. The summed E-state index contributed by atoms with van der Waals surface area (Å²) in [7, 11) is 1.53. The highest BCUT2D eigenvalue weighted by atomic mass is 16.5. The normalized spacial score (nSPS) is 10.9. The minimum atomic E-state index is -1.06. The van der Waals surface area contributed by atoms with Crippen molar-refractivity contribution in [3.8, 4) is 28.6 Å². The third-order valence-corrected chi connectivity index (χ3v) is 5.06. The topological polar surface area (TPSA) is 117 Å². The summed E-state index contributed by atoms with van der Waals surface area (Å²) in [5.41, 5.74) is 1.51. The molecule has 0 saturated heterocycles. The molecule has 0 unspecified atom stereocenters. The number of aliphatic carboxylic acids is 1. The Morgan fingerprint density at radius 3 is 2.29 bits per heavy atom. The lowest BCUT2D eigenvalue weighted by Gasteiger charge is -2.14. The van der Waals surface area contributed by atoms with Gasteiger partial charge in [0.1, 0.15) is 34.0 Å². The Balaban J connectivity index is 2.33. The van der Waals surface area contributed by atoms with Gasteiger partial charge in [0.2, 0.25) is 0 Å². The van der Waals surface area contributed by atoms with Crippen molar-refractivity contribution >= 4 is 16.9 Å². The lowest BCUT2D eigenvalue weighted by atomic mass is 9.97. The van der Waals surface area contributed by atoms with Crippen molar-refractivity contribution in [1.82, 2.24) is 0 Å². The zero-order valence-electron chi connectivity index (χ0n) is 17.4. The van der Waals surface area contributed by atoms with Crippen molar-refractivity contribution < 1.29 is 29.3 Å². The summed E-state index contributed by atoms with van der Waals surface area (Å²) in [6.45, 7) is 5.71. The molecule has 0 spiro atoms. The number of phenols is 2. The smallest absolute Gasteiger partial charge is 0.303 e. The highest BCUT2D eigenvalue weighted by molar-refractivity contribution is 5.90. The molecule has 7 nitrogen and oxygen atoms in total. The maximum absolute atomic E-state index is 13.3. The number of carbonyl (C=O) groups is 1. The highest BCUT2D eigenvalue weighted by Crippen LogP contribution is 2.37. The molecule has 0 amide bonds. The molecule has 0 aliphatic carbocycles. The molecule has 0 saturated carbocycles. The number of carboxylic acid groups (broad SMARTS) is 1. The van der Waals surface area contributed by atoms with Gasteiger partial charge in [-0.3, -0.25) is 9.59 Å². The first-order valence-electron chi connectivity index (χ1n) is 9.77. The van der Waals surface area contributed by atoms with Crippen LogP contribution in [0.1, 0.15) is 30.9 Å². The third kappa shape index (κ3) is 4.55. The Kier molecular flexibility index (Phi) is 6.34. The molecule has 0 aliphatic heterocycles. The number of carboxylic acids is 1. The van der Waals surface area contributed by atoms with Gasteiger partial charge >= 0.3 is 5.97 Å². The molecule has 0 aliphatic rings. The predicted molar refractivity (Wildman–Crippen MR) is 117 cm³/mol. The van der Waals surface area contributed by atoms with E-state index in [2.05, 4.69) is 6.58 Å². The average molecular weight is 424 g/mol. The van der Waals surface area contributed by atoms with Crippen LogP contribution in [0.4, 0.5) is 0 Å². The summed E-state index contributed by atoms with van der Waals surface area (Å²) in [5.74, 6) is -0.858. The van der Waals surface area contributed by atoms with Gasteiger partial charge in [0, 0.05) is 29.2 Å². The van der Waals surface area contributed by atoms with Crippen LogP contribution < -0.4 is 10.2 Å². The Bertz CT molecular complexity index is 1200. The molecule has 1 aromatic heterocycles. The van der Waals surface area contributed by atoms with Crippen molar-refractivity contribution in [2.75, 3.05) is 7.11 Å². The second-order valence-corrected chi connectivity index (χ2v) is 7.42. The molecule has 3 rings (SSSR count). The number of aromatic hydroxyl groups is 2. The van der Waals surface area contributed by atoms with Crippen LogP contribution in [0.15, 0.2) is 51.7 Å². The van der Waals surface area contributed by atoms with Gasteiger partial charge in [-0.25, -0.2) is 0 Å². The fourth-order valence-electron chi connectivity index (χ4n) is 3.44. The van der Waals surface area contributed by atoms with Crippen molar-refractivity contribution in [2.24, 2.45) is 0 Å². The summed E-state index contributed by atoms with van der Waals surface area (Å²) in [6.07, 6.45) is 0.560. The number of benzene rings is 2. The van der Waals surface area contributed by atoms with Crippen molar-refractivity contribution in [1.29, 1.82) is 0 Å². The molecule has 0 bridgehead atoms. The molecule has 7 heteroatoms. The second-order valence-electron chi connectivity index (χ2n) is 7.42. The molecule has 2 aromatic carbocycles. The van der Waals surface area contributed by atoms with Gasteiger partial charge in [-0.05, 0) is 50.5 Å². The van der Waals surface area contributed by atoms with E-state index >= 15 is 0 Å². The highest BCUT2D eigenvalue weighted by Gasteiger charge is 2.23. The van der Waals surface area contributed by atoms with Crippen LogP contribution in [0.5, 0.6) is 17.2 Å². The molecule has 3 aromatic rings. The summed E-state index contributed by atoms with van der Waals surface area (Å²) in [4.78, 5) is 24.5. The predicted octanol–water partition coefficient (Wildman–Crippen LogP) is 4.41. The van der Waals surface area contributed by atoms with Crippen molar-refractivity contribution in [2.45, 2.75) is 32.6 Å².